The van der Waals surface area contributed by atoms with Crippen LogP contribution < -0.4 is 10.2 Å². The summed E-state index contributed by atoms with van der Waals surface area (Å²) in [5.74, 6) is 0.683. The van der Waals surface area contributed by atoms with Crippen molar-refractivity contribution in [3.8, 4) is 0 Å². The van der Waals surface area contributed by atoms with Crippen LogP contribution in [-0.2, 0) is 6.18 Å². The Labute approximate surface area is 117 Å². The Kier molecular flexibility index (Phi) is 4.73. The Hall–Kier alpha value is -1.46. The van der Waals surface area contributed by atoms with Gasteiger partial charge in [0.1, 0.15) is 11.6 Å². The average Bonchev–Trinajstić information content (AvgIpc) is 2.36. The number of nitrogens with zero attached hydrogens (tertiary/aromatic N) is 2. The summed E-state index contributed by atoms with van der Waals surface area (Å²) in [7, 11) is 1.58. The Morgan fingerprint density at radius 1 is 1.05 bits per heavy atom. The fourth-order valence-electron chi connectivity index (χ4n) is 2.45. The topological polar surface area (TPSA) is 28.2 Å². The third-order valence-electron chi connectivity index (χ3n) is 3.58. The molecule has 0 spiro atoms. The monoisotopic (exact) mass is 287 g/mol. The molecule has 1 aliphatic rings. The zero-order valence-corrected chi connectivity index (χ0v) is 11.6. The van der Waals surface area contributed by atoms with Crippen LogP contribution in [0.3, 0.4) is 0 Å². The van der Waals surface area contributed by atoms with E-state index in [1.807, 2.05) is 4.90 Å². The zero-order valence-electron chi connectivity index (χ0n) is 11.6. The molecule has 6 heteroatoms. The first-order chi connectivity index (χ1) is 9.50. The summed E-state index contributed by atoms with van der Waals surface area (Å²) in [5, 5.41) is 2.71. The molecule has 112 valence electrons. The summed E-state index contributed by atoms with van der Waals surface area (Å²) in [6, 6.07) is 2.20. The lowest BCUT2D eigenvalue weighted by molar-refractivity contribution is -0.137. The Balaban J connectivity index is 2.29. The normalized spacial score (nSPS) is 17.5. The van der Waals surface area contributed by atoms with E-state index in [1.165, 1.54) is 6.42 Å². The fraction of sp³-hybridized carbons (Fsp3) is 0.643. The number of anilines is 2. The predicted octanol–water partition coefficient (Wildman–Crippen LogP) is 3.91. The van der Waals surface area contributed by atoms with E-state index in [0.717, 1.165) is 50.9 Å². The lowest BCUT2D eigenvalue weighted by Gasteiger charge is -2.26. The molecule has 20 heavy (non-hydrogen) atoms. The maximum Gasteiger partial charge on any atom is 0.416 e. The highest BCUT2D eigenvalue weighted by Crippen LogP contribution is 2.33. The van der Waals surface area contributed by atoms with Crippen LogP contribution in [0.25, 0.3) is 0 Å². The minimum atomic E-state index is -4.34. The first kappa shape index (κ1) is 14.9. The van der Waals surface area contributed by atoms with Crippen LogP contribution in [0.1, 0.15) is 37.7 Å². The molecular formula is C14H20F3N3. The van der Waals surface area contributed by atoms with Crippen molar-refractivity contribution in [3.63, 3.8) is 0 Å². The molecule has 1 fully saturated rings. The van der Waals surface area contributed by atoms with Crippen molar-refractivity contribution in [2.45, 2.75) is 38.3 Å². The lowest BCUT2D eigenvalue weighted by atomic mass is 10.1. The van der Waals surface area contributed by atoms with Gasteiger partial charge < -0.3 is 10.2 Å². The number of rotatable bonds is 2. The van der Waals surface area contributed by atoms with E-state index in [0.29, 0.717) is 5.82 Å². The van der Waals surface area contributed by atoms with Gasteiger partial charge in [-0.3, -0.25) is 0 Å². The second-order valence-electron chi connectivity index (χ2n) is 5.10. The number of nitrogens with one attached hydrogen (secondary N) is 1. The van der Waals surface area contributed by atoms with Gasteiger partial charge in [0, 0.05) is 20.1 Å². The number of aromatic nitrogens is 1. The molecule has 1 saturated heterocycles. The van der Waals surface area contributed by atoms with Crippen LogP contribution in [-0.4, -0.2) is 25.1 Å². The second-order valence-corrected chi connectivity index (χ2v) is 5.10. The highest BCUT2D eigenvalue weighted by molar-refractivity contribution is 5.51. The van der Waals surface area contributed by atoms with Gasteiger partial charge in [-0.2, -0.15) is 13.2 Å². The molecule has 0 amide bonds. The lowest BCUT2D eigenvalue weighted by Crippen LogP contribution is -2.28. The molecule has 1 aliphatic heterocycles. The van der Waals surface area contributed by atoms with Gasteiger partial charge in [-0.1, -0.05) is 19.3 Å². The molecule has 3 nitrogen and oxygen atoms in total. The predicted molar refractivity (Wildman–Crippen MR) is 74.1 cm³/mol. The highest BCUT2D eigenvalue weighted by Gasteiger charge is 2.32. The summed E-state index contributed by atoms with van der Waals surface area (Å²) in [5.41, 5.74) is -0.645. The van der Waals surface area contributed by atoms with E-state index in [1.54, 1.807) is 7.05 Å². The maximum absolute atomic E-state index is 12.9. The summed E-state index contributed by atoms with van der Waals surface area (Å²) in [6.45, 7) is 1.55. The molecule has 0 unspecified atom stereocenters. The Bertz CT molecular complexity index is 438. The quantitative estimate of drug-likeness (QED) is 0.893. The Morgan fingerprint density at radius 3 is 2.20 bits per heavy atom. The van der Waals surface area contributed by atoms with Crippen LogP contribution in [0.15, 0.2) is 12.1 Å². The second kappa shape index (κ2) is 6.33. The van der Waals surface area contributed by atoms with Gasteiger partial charge in [-0.05, 0) is 25.0 Å². The van der Waals surface area contributed by atoms with Crippen molar-refractivity contribution < 1.29 is 13.2 Å². The number of hydrogen-bond acceptors (Lipinski definition) is 3. The maximum atomic E-state index is 12.9. The average molecular weight is 287 g/mol. The minimum Gasteiger partial charge on any atom is -0.373 e. The highest BCUT2D eigenvalue weighted by atomic mass is 19.4. The summed E-state index contributed by atoms with van der Waals surface area (Å²) in [4.78, 5) is 6.24. The van der Waals surface area contributed by atoms with Crippen molar-refractivity contribution in [2.75, 3.05) is 30.4 Å². The van der Waals surface area contributed by atoms with E-state index >= 15 is 0 Å². The van der Waals surface area contributed by atoms with Crippen LogP contribution in [0.4, 0.5) is 24.8 Å². The number of pyridine rings is 1. The van der Waals surface area contributed by atoms with Gasteiger partial charge in [0.2, 0.25) is 0 Å². The molecule has 0 aromatic carbocycles. The van der Waals surface area contributed by atoms with Gasteiger partial charge >= 0.3 is 6.18 Å². The smallest absolute Gasteiger partial charge is 0.373 e. The molecule has 1 aromatic rings. The van der Waals surface area contributed by atoms with Crippen molar-refractivity contribution in [1.29, 1.82) is 0 Å². The molecule has 0 aliphatic carbocycles. The third-order valence-corrected chi connectivity index (χ3v) is 3.58. The van der Waals surface area contributed by atoms with Crippen molar-refractivity contribution in [1.82, 2.24) is 4.98 Å². The number of hydrogen-bond donors (Lipinski definition) is 1. The van der Waals surface area contributed by atoms with E-state index < -0.39 is 11.7 Å². The molecule has 1 aromatic heterocycles. The van der Waals surface area contributed by atoms with Crippen LogP contribution in [0, 0.1) is 0 Å². The number of alkyl halides is 3. The molecule has 0 radical (unpaired) electrons. The van der Waals surface area contributed by atoms with Gasteiger partial charge in [0.05, 0.1) is 5.56 Å². The summed E-state index contributed by atoms with van der Waals surface area (Å²) >= 11 is 0. The first-order valence-electron chi connectivity index (χ1n) is 7.02. The van der Waals surface area contributed by atoms with E-state index in [2.05, 4.69) is 10.3 Å². The minimum absolute atomic E-state index is 0.261. The van der Waals surface area contributed by atoms with Gasteiger partial charge in [-0.15, -0.1) is 0 Å². The van der Waals surface area contributed by atoms with E-state index in [9.17, 15) is 13.2 Å². The van der Waals surface area contributed by atoms with Crippen LogP contribution in [0.5, 0.6) is 0 Å². The van der Waals surface area contributed by atoms with Crippen LogP contribution >= 0.6 is 0 Å². The zero-order chi connectivity index (χ0) is 14.6. The Morgan fingerprint density at radius 2 is 1.65 bits per heavy atom. The van der Waals surface area contributed by atoms with E-state index in [-0.39, 0.29) is 5.82 Å². The van der Waals surface area contributed by atoms with Gasteiger partial charge in [-0.25, -0.2) is 4.98 Å². The standard InChI is InChI=1S/C14H20F3N3/c1-18-12-9-11(14(15,16)17)10-13(19-12)20-7-5-3-2-4-6-8-20/h9-10H,2-8H2,1H3,(H,18,19). The van der Waals surface area contributed by atoms with Crippen LogP contribution in [0.2, 0.25) is 0 Å². The molecule has 1 N–H and O–H groups in total. The largest absolute Gasteiger partial charge is 0.416 e. The third kappa shape index (κ3) is 3.77. The van der Waals surface area contributed by atoms with Gasteiger partial charge in [0.25, 0.3) is 0 Å². The van der Waals surface area contributed by atoms with Crippen molar-refractivity contribution in [3.05, 3.63) is 17.7 Å². The van der Waals surface area contributed by atoms with E-state index in [4.69, 9.17) is 0 Å². The molecule has 2 rings (SSSR count). The fourth-order valence-corrected chi connectivity index (χ4v) is 2.45. The van der Waals surface area contributed by atoms with Crippen molar-refractivity contribution in [2.24, 2.45) is 0 Å². The molecule has 2 heterocycles. The molecule has 0 saturated carbocycles. The number of halogens is 3. The first-order valence-corrected chi connectivity index (χ1v) is 7.02. The molecule has 0 atom stereocenters. The molecular weight excluding hydrogens is 267 g/mol. The summed E-state index contributed by atoms with van der Waals surface area (Å²) in [6.07, 6.45) is 1.15. The van der Waals surface area contributed by atoms with Crippen molar-refractivity contribution >= 4 is 11.6 Å². The van der Waals surface area contributed by atoms with Gasteiger partial charge in [0.15, 0.2) is 0 Å². The molecule has 0 bridgehead atoms. The SMILES string of the molecule is CNc1cc(C(F)(F)F)cc(N2CCCCCCC2)n1. The summed E-state index contributed by atoms with van der Waals surface area (Å²) < 4.78 is 38.8.